The Morgan fingerprint density at radius 3 is 2.58 bits per heavy atom. The first-order valence-corrected chi connectivity index (χ1v) is 8.17. The van der Waals surface area contributed by atoms with E-state index in [9.17, 15) is 13.6 Å². The number of rotatable bonds is 2. The van der Waals surface area contributed by atoms with Gasteiger partial charge in [-0.25, -0.2) is 8.78 Å². The molecule has 5 heteroatoms. The lowest BCUT2D eigenvalue weighted by Crippen LogP contribution is -2.32. The molecular formula is C14H16F2OS2. The van der Waals surface area contributed by atoms with Crippen LogP contribution in [0.3, 0.4) is 0 Å². The first-order valence-electron chi connectivity index (χ1n) is 6.17. The number of benzene rings is 1. The second kappa shape index (κ2) is 5.83. The Bertz CT molecular complexity index is 504. The fraction of sp³-hybridized carbons (Fsp3) is 0.500. The van der Waals surface area contributed by atoms with E-state index in [-0.39, 0.29) is 10.8 Å². The minimum absolute atomic E-state index is 0.305. The highest BCUT2D eigenvalue weighted by molar-refractivity contribution is 8.08. The maximum atomic E-state index is 14.0. The van der Waals surface area contributed by atoms with Crippen LogP contribution in [0.15, 0.2) is 12.1 Å². The minimum Gasteiger partial charge on any atom is -0.293 e. The van der Waals surface area contributed by atoms with Gasteiger partial charge in [0.15, 0.2) is 5.78 Å². The Hall–Kier alpha value is -0.550. The van der Waals surface area contributed by atoms with Crippen LogP contribution in [0.4, 0.5) is 8.78 Å². The lowest BCUT2D eigenvalue weighted by Gasteiger charge is -2.30. The molecule has 0 bridgehead atoms. The molecule has 3 atom stereocenters. The van der Waals surface area contributed by atoms with Crippen LogP contribution in [0.2, 0.25) is 0 Å². The molecule has 1 aliphatic heterocycles. The van der Waals surface area contributed by atoms with E-state index in [4.69, 9.17) is 0 Å². The van der Waals surface area contributed by atoms with Crippen molar-refractivity contribution in [2.75, 3.05) is 5.75 Å². The second-order valence-electron chi connectivity index (χ2n) is 4.79. The van der Waals surface area contributed by atoms with Crippen LogP contribution in [-0.4, -0.2) is 27.3 Å². The van der Waals surface area contributed by atoms with Gasteiger partial charge in [-0.15, -0.1) is 11.8 Å². The first kappa shape index (κ1) is 14.9. The van der Waals surface area contributed by atoms with Gasteiger partial charge < -0.3 is 0 Å². The first-order chi connectivity index (χ1) is 8.91. The van der Waals surface area contributed by atoms with E-state index in [0.29, 0.717) is 21.8 Å². The zero-order valence-corrected chi connectivity index (χ0v) is 12.7. The maximum absolute atomic E-state index is 14.0. The summed E-state index contributed by atoms with van der Waals surface area (Å²) in [7, 11) is 0. The molecule has 0 spiro atoms. The van der Waals surface area contributed by atoms with Crippen LogP contribution in [-0.2, 0) is 0 Å². The molecule has 1 heterocycles. The molecule has 19 heavy (non-hydrogen) atoms. The van der Waals surface area contributed by atoms with Crippen molar-refractivity contribution in [1.82, 2.24) is 0 Å². The van der Waals surface area contributed by atoms with E-state index in [1.807, 2.05) is 6.92 Å². The summed E-state index contributed by atoms with van der Waals surface area (Å²) in [6.07, 6.45) is 0. The SMILES string of the molecule is Cc1ccc(F)c(C(=O)C2CSC(C)C(C)S2)c1F. The molecule has 1 aromatic rings. The van der Waals surface area contributed by atoms with Crippen molar-refractivity contribution < 1.29 is 13.6 Å². The standard InChI is InChI=1S/C14H16F2OS2/c1-7-4-5-10(15)12(13(7)16)14(17)11-6-18-8(2)9(3)19-11/h4-5,8-9,11H,6H2,1-3H3. The Balaban J connectivity index is 2.28. The fourth-order valence-electron chi connectivity index (χ4n) is 1.96. The van der Waals surface area contributed by atoms with Gasteiger partial charge in [0.05, 0.1) is 10.8 Å². The molecule has 0 radical (unpaired) electrons. The van der Waals surface area contributed by atoms with E-state index in [1.165, 1.54) is 23.9 Å². The Kier molecular flexibility index (Phi) is 4.56. The summed E-state index contributed by atoms with van der Waals surface area (Å²) in [4.78, 5) is 12.3. The monoisotopic (exact) mass is 302 g/mol. The third-order valence-electron chi connectivity index (χ3n) is 3.37. The zero-order valence-electron chi connectivity index (χ0n) is 11.1. The predicted molar refractivity (Wildman–Crippen MR) is 78.2 cm³/mol. The number of Topliss-reactive ketones (excluding diaryl/α,β-unsaturated/α-hetero) is 1. The van der Waals surface area contributed by atoms with Gasteiger partial charge in [-0.3, -0.25) is 4.79 Å². The molecule has 104 valence electrons. The molecule has 2 rings (SSSR count). The summed E-state index contributed by atoms with van der Waals surface area (Å²) in [5.74, 6) is -1.29. The van der Waals surface area contributed by atoms with Crippen LogP contribution >= 0.6 is 23.5 Å². The van der Waals surface area contributed by atoms with Crippen molar-refractivity contribution >= 4 is 29.3 Å². The zero-order chi connectivity index (χ0) is 14.2. The molecule has 1 aliphatic rings. The second-order valence-corrected chi connectivity index (χ2v) is 7.78. The number of thioether (sulfide) groups is 2. The van der Waals surface area contributed by atoms with E-state index in [1.54, 1.807) is 18.7 Å². The molecule has 1 saturated heterocycles. The van der Waals surface area contributed by atoms with Crippen LogP contribution in [0, 0.1) is 18.6 Å². The number of halogens is 2. The van der Waals surface area contributed by atoms with Gasteiger partial charge in [0.2, 0.25) is 0 Å². The number of carbonyl (C=O) groups is 1. The molecule has 0 N–H and O–H groups in total. The van der Waals surface area contributed by atoms with Gasteiger partial charge in [0, 0.05) is 16.3 Å². The van der Waals surface area contributed by atoms with E-state index in [0.717, 1.165) is 0 Å². The van der Waals surface area contributed by atoms with Crippen molar-refractivity contribution in [2.24, 2.45) is 0 Å². The molecule has 0 aliphatic carbocycles. The lowest BCUT2D eigenvalue weighted by molar-refractivity contribution is 0.0986. The van der Waals surface area contributed by atoms with Crippen LogP contribution < -0.4 is 0 Å². The van der Waals surface area contributed by atoms with E-state index < -0.39 is 17.4 Å². The topological polar surface area (TPSA) is 17.1 Å². The number of hydrogen-bond donors (Lipinski definition) is 0. The summed E-state index contributed by atoms with van der Waals surface area (Å²) < 4.78 is 27.7. The van der Waals surface area contributed by atoms with Crippen molar-refractivity contribution in [2.45, 2.75) is 36.5 Å². The Morgan fingerprint density at radius 1 is 1.26 bits per heavy atom. The van der Waals surface area contributed by atoms with Crippen LogP contribution in [0.25, 0.3) is 0 Å². The number of hydrogen-bond acceptors (Lipinski definition) is 3. The number of carbonyl (C=O) groups excluding carboxylic acids is 1. The van der Waals surface area contributed by atoms with Crippen molar-refractivity contribution in [1.29, 1.82) is 0 Å². The normalized spacial score (nSPS) is 27.3. The third kappa shape index (κ3) is 2.97. The van der Waals surface area contributed by atoms with Crippen molar-refractivity contribution in [3.05, 3.63) is 34.9 Å². The highest BCUT2D eigenvalue weighted by atomic mass is 32.2. The largest absolute Gasteiger partial charge is 0.293 e. The summed E-state index contributed by atoms with van der Waals surface area (Å²) in [5.41, 5.74) is -0.0699. The summed E-state index contributed by atoms with van der Waals surface area (Å²) in [5, 5.41) is 0.409. The Morgan fingerprint density at radius 2 is 1.95 bits per heavy atom. The molecule has 1 aromatic carbocycles. The average Bonchev–Trinajstić information content (AvgIpc) is 2.37. The molecule has 1 fully saturated rings. The quantitative estimate of drug-likeness (QED) is 0.766. The van der Waals surface area contributed by atoms with Gasteiger partial charge in [-0.1, -0.05) is 19.9 Å². The van der Waals surface area contributed by atoms with Crippen LogP contribution in [0.1, 0.15) is 29.8 Å². The molecular weight excluding hydrogens is 286 g/mol. The lowest BCUT2D eigenvalue weighted by atomic mass is 10.0. The highest BCUT2D eigenvalue weighted by Crippen LogP contribution is 2.37. The number of ketones is 1. The summed E-state index contributed by atoms with van der Waals surface area (Å²) in [6.45, 7) is 5.70. The molecule has 0 saturated carbocycles. The molecule has 3 unspecified atom stereocenters. The Labute approximate surface area is 120 Å². The summed E-state index contributed by atoms with van der Waals surface area (Å²) >= 11 is 3.20. The van der Waals surface area contributed by atoms with Crippen LogP contribution in [0.5, 0.6) is 0 Å². The van der Waals surface area contributed by atoms with Gasteiger partial charge in [0.25, 0.3) is 0 Å². The molecule has 1 nitrogen and oxygen atoms in total. The van der Waals surface area contributed by atoms with E-state index >= 15 is 0 Å². The third-order valence-corrected chi connectivity index (χ3v) is 6.76. The van der Waals surface area contributed by atoms with E-state index in [2.05, 4.69) is 6.92 Å². The van der Waals surface area contributed by atoms with Gasteiger partial charge in [-0.05, 0) is 18.6 Å². The maximum Gasteiger partial charge on any atom is 0.182 e. The van der Waals surface area contributed by atoms with Gasteiger partial charge in [0.1, 0.15) is 11.6 Å². The average molecular weight is 302 g/mol. The number of aryl methyl sites for hydroxylation is 1. The minimum atomic E-state index is -0.759. The van der Waals surface area contributed by atoms with Gasteiger partial charge >= 0.3 is 0 Å². The van der Waals surface area contributed by atoms with Crippen molar-refractivity contribution in [3.63, 3.8) is 0 Å². The van der Waals surface area contributed by atoms with Gasteiger partial charge in [-0.2, -0.15) is 11.8 Å². The van der Waals surface area contributed by atoms with Crippen molar-refractivity contribution in [3.8, 4) is 0 Å². The smallest absolute Gasteiger partial charge is 0.182 e. The molecule has 0 aromatic heterocycles. The fourth-order valence-corrected chi connectivity index (χ4v) is 4.82. The highest BCUT2D eigenvalue weighted by Gasteiger charge is 2.33. The summed E-state index contributed by atoms with van der Waals surface area (Å²) in [6, 6.07) is 2.52. The molecule has 0 amide bonds. The predicted octanol–water partition coefficient (Wildman–Crippen LogP) is 4.08.